The molecule has 0 aliphatic carbocycles. The second-order valence-corrected chi connectivity index (χ2v) is 13.8. The largest absolute Gasteiger partial charge is 0.491 e. The van der Waals surface area contributed by atoms with Gasteiger partial charge in [-0.25, -0.2) is 9.18 Å². The lowest BCUT2D eigenvalue weighted by atomic mass is 10.1. The fraction of sp³-hybridized carbons (Fsp3) is 0.515. The zero-order valence-corrected chi connectivity index (χ0v) is 27.7. The number of nitrogens with one attached hydrogen (secondary N) is 3. The Hall–Kier alpha value is -3.97. The number of thiophene rings is 1. The first-order valence-electron chi connectivity index (χ1n) is 15.4. The average molecular weight is 659 g/mol. The second kappa shape index (κ2) is 15.5. The van der Waals surface area contributed by atoms with Crippen molar-refractivity contribution in [3.05, 3.63) is 52.5 Å². The molecule has 3 heterocycles. The molecule has 250 valence electrons. The van der Waals surface area contributed by atoms with E-state index in [1.165, 1.54) is 23.5 Å². The van der Waals surface area contributed by atoms with Gasteiger partial charge in [0.1, 0.15) is 29.8 Å². The lowest BCUT2D eigenvalue weighted by Crippen LogP contribution is -2.50. The van der Waals surface area contributed by atoms with Crippen LogP contribution in [0.25, 0.3) is 11.1 Å². The van der Waals surface area contributed by atoms with E-state index in [-0.39, 0.29) is 62.3 Å². The van der Waals surface area contributed by atoms with Crippen LogP contribution in [0.5, 0.6) is 5.75 Å². The summed E-state index contributed by atoms with van der Waals surface area (Å²) in [5, 5.41) is 10.2. The molecule has 4 rings (SSSR count). The predicted molar refractivity (Wildman–Crippen MR) is 172 cm³/mol. The van der Waals surface area contributed by atoms with Crippen molar-refractivity contribution in [2.24, 2.45) is 5.92 Å². The van der Waals surface area contributed by atoms with Gasteiger partial charge in [-0.2, -0.15) is 0 Å². The number of benzene rings is 1. The summed E-state index contributed by atoms with van der Waals surface area (Å²) >= 11 is 1.17. The van der Waals surface area contributed by atoms with E-state index in [2.05, 4.69) is 16.0 Å². The average Bonchev–Trinajstić information content (AvgIpc) is 3.62. The Labute approximate surface area is 272 Å². The van der Waals surface area contributed by atoms with E-state index in [4.69, 9.17) is 14.2 Å². The molecule has 1 fully saturated rings. The maximum absolute atomic E-state index is 14.8. The molecule has 4 amide bonds. The molecule has 1 saturated heterocycles. The number of amides is 4. The van der Waals surface area contributed by atoms with Gasteiger partial charge in [0, 0.05) is 25.6 Å². The van der Waals surface area contributed by atoms with Crippen molar-refractivity contribution in [2.45, 2.75) is 71.2 Å². The minimum absolute atomic E-state index is 0.0672. The molecule has 3 N–H and O–H groups in total. The predicted octanol–water partition coefficient (Wildman–Crippen LogP) is 4.27. The summed E-state index contributed by atoms with van der Waals surface area (Å²) < 4.78 is 31.9. The number of nitrogens with zero attached hydrogens (tertiary/aromatic N) is 1. The van der Waals surface area contributed by atoms with Gasteiger partial charge >= 0.3 is 6.09 Å². The molecule has 1 aromatic heterocycles. The molecular formula is C33H43FN4O7S. The molecule has 46 heavy (non-hydrogen) atoms. The molecule has 2 aliphatic heterocycles. The molecule has 0 radical (unpaired) electrons. The fourth-order valence-electron chi connectivity index (χ4n) is 5.03. The van der Waals surface area contributed by atoms with Gasteiger partial charge in [-0.15, -0.1) is 11.3 Å². The van der Waals surface area contributed by atoms with Crippen LogP contribution in [-0.2, 0) is 19.1 Å². The van der Waals surface area contributed by atoms with E-state index in [9.17, 15) is 23.6 Å². The van der Waals surface area contributed by atoms with Gasteiger partial charge in [0.25, 0.3) is 5.91 Å². The minimum atomic E-state index is -0.952. The van der Waals surface area contributed by atoms with E-state index < -0.39 is 35.5 Å². The summed E-state index contributed by atoms with van der Waals surface area (Å²) in [6.45, 7) is 10.1. The summed E-state index contributed by atoms with van der Waals surface area (Å²) in [4.78, 5) is 53.8. The number of hydrogen-bond donors (Lipinski definition) is 3. The van der Waals surface area contributed by atoms with Crippen LogP contribution < -0.4 is 20.7 Å². The van der Waals surface area contributed by atoms with Gasteiger partial charge in [-0.3, -0.25) is 14.4 Å². The van der Waals surface area contributed by atoms with Crippen LogP contribution in [0.4, 0.5) is 9.18 Å². The van der Waals surface area contributed by atoms with Gasteiger partial charge in [0.05, 0.1) is 30.2 Å². The molecule has 11 nitrogen and oxygen atoms in total. The zero-order chi connectivity index (χ0) is 33.4. The van der Waals surface area contributed by atoms with Crippen molar-refractivity contribution in [1.29, 1.82) is 0 Å². The van der Waals surface area contributed by atoms with Gasteiger partial charge < -0.3 is 35.1 Å². The molecule has 4 bridgehead atoms. The van der Waals surface area contributed by atoms with Crippen molar-refractivity contribution in [3.8, 4) is 16.9 Å². The SMILES string of the molecule is CC(C)CNC(=O)[C@@H]1COC/C=C\CC(=O)N2C[C@@H](NC(=O)OC(C)(C)C)C[C@H]2COc2cc(F)cc(c2)-c2csc(c2)C(=O)N1. The zero-order valence-electron chi connectivity index (χ0n) is 26.9. The van der Waals surface area contributed by atoms with Crippen LogP contribution in [0.1, 0.15) is 57.1 Å². The third-order valence-electron chi connectivity index (χ3n) is 7.19. The van der Waals surface area contributed by atoms with Crippen molar-refractivity contribution < 1.29 is 37.8 Å². The van der Waals surface area contributed by atoms with E-state index >= 15 is 0 Å². The number of ether oxygens (including phenoxy) is 3. The Morgan fingerprint density at radius 1 is 1.13 bits per heavy atom. The van der Waals surface area contributed by atoms with E-state index in [1.807, 2.05) is 13.8 Å². The van der Waals surface area contributed by atoms with Crippen LogP contribution in [0.15, 0.2) is 41.8 Å². The van der Waals surface area contributed by atoms with Gasteiger partial charge in [-0.05, 0) is 67.8 Å². The highest BCUT2D eigenvalue weighted by atomic mass is 32.1. The Morgan fingerprint density at radius 2 is 1.91 bits per heavy atom. The number of fused-ring (bicyclic) bond motifs is 6. The first kappa shape index (κ1) is 34.9. The molecular weight excluding hydrogens is 615 g/mol. The maximum atomic E-state index is 14.8. The highest BCUT2D eigenvalue weighted by molar-refractivity contribution is 7.12. The number of carbonyl (C=O) groups is 4. The van der Waals surface area contributed by atoms with E-state index in [0.29, 0.717) is 29.0 Å². The highest BCUT2D eigenvalue weighted by Gasteiger charge is 2.37. The molecule has 2 aromatic rings. The highest BCUT2D eigenvalue weighted by Crippen LogP contribution is 2.30. The summed E-state index contributed by atoms with van der Waals surface area (Å²) in [5.41, 5.74) is 0.436. The van der Waals surface area contributed by atoms with Crippen molar-refractivity contribution >= 4 is 35.2 Å². The third kappa shape index (κ3) is 10.3. The topological polar surface area (TPSA) is 135 Å². The Bertz CT molecular complexity index is 1440. The Morgan fingerprint density at radius 3 is 2.65 bits per heavy atom. The molecule has 0 spiro atoms. The fourth-order valence-corrected chi connectivity index (χ4v) is 5.85. The van der Waals surface area contributed by atoms with Crippen LogP contribution >= 0.6 is 11.3 Å². The van der Waals surface area contributed by atoms with E-state index in [1.54, 1.807) is 55.3 Å². The summed E-state index contributed by atoms with van der Waals surface area (Å²) in [6.07, 6.45) is 3.26. The van der Waals surface area contributed by atoms with Crippen molar-refractivity contribution in [1.82, 2.24) is 20.9 Å². The van der Waals surface area contributed by atoms with Gasteiger partial charge in [0.2, 0.25) is 11.8 Å². The van der Waals surface area contributed by atoms with Crippen molar-refractivity contribution in [3.63, 3.8) is 0 Å². The Kier molecular flexibility index (Phi) is 11.8. The number of halogens is 1. The van der Waals surface area contributed by atoms with Crippen LogP contribution in [0, 0.1) is 11.7 Å². The van der Waals surface area contributed by atoms with Crippen LogP contribution in [0.2, 0.25) is 0 Å². The van der Waals surface area contributed by atoms with Gasteiger partial charge in [-0.1, -0.05) is 26.0 Å². The molecule has 3 atom stereocenters. The van der Waals surface area contributed by atoms with Crippen molar-refractivity contribution in [2.75, 3.05) is 32.9 Å². The van der Waals surface area contributed by atoms with E-state index in [0.717, 1.165) is 0 Å². The number of alkyl carbamates (subject to hydrolysis) is 1. The standard InChI is InChI=1S/C33H43FN4O7S/c1-20(2)15-35-30(40)27-18-43-9-7-6-8-29(39)38-16-24(36-32(42)45-33(3,4)5)14-25(38)17-44-26-11-21(10-23(34)13-26)22-12-28(46-19-22)31(41)37-27/h6-7,10-13,19-20,24-25,27H,8-9,14-18H2,1-5H3,(H,35,40)(H,36,42)(H,37,41)/b7-6-/t24-,25-,27-/m0/s1. The monoisotopic (exact) mass is 658 g/mol. The normalized spacial score (nSPS) is 21.9. The number of rotatable bonds is 4. The molecule has 0 unspecified atom stereocenters. The first-order chi connectivity index (χ1) is 21.8. The second-order valence-electron chi connectivity index (χ2n) is 12.8. The van der Waals surface area contributed by atoms with Gasteiger partial charge in [0.15, 0.2) is 0 Å². The maximum Gasteiger partial charge on any atom is 0.407 e. The lowest BCUT2D eigenvalue weighted by molar-refractivity contribution is -0.131. The first-order valence-corrected chi connectivity index (χ1v) is 16.3. The van der Waals surface area contributed by atoms with Crippen LogP contribution in [-0.4, -0.2) is 85.4 Å². The molecule has 2 aliphatic rings. The molecule has 1 aromatic carbocycles. The lowest BCUT2D eigenvalue weighted by Gasteiger charge is -2.24. The quantitative estimate of drug-likeness (QED) is 0.418. The Balaban J connectivity index is 1.57. The summed E-state index contributed by atoms with van der Waals surface area (Å²) in [7, 11) is 0. The molecule has 13 heteroatoms. The molecule has 0 saturated carbocycles. The van der Waals surface area contributed by atoms with Crippen LogP contribution in [0.3, 0.4) is 0 Å². The number of carbonyl (C=O) groups excluding carboxylic acids is 4. The summed E-state index contributed by atoms with van der Waals surface area (Å²) in [5.74, 6) is -1.06. The summed E-state index contributed by atoms with van der Waals surface area (Å²) in [6, 6.07) is 4.20. The smallest absolute Gasteiger partial charge is 0.407 e. The third-order valence-corrected chi connectivity index (χ3v) is 8.12. The number of hydrogen-bond acceptors (Lipinski definition) is 8. The minimum Gasteiger partial charge on any atom is -0.491 e.